The molecule has 0 aromatic carbocycles. The van der Waals surface area contributed by atoms with Crippen LogP contribution in [0.3, 0.4) is 0 Å². The number of amides is 1. The third-order valence-corrected chi connectivity index (χ3v) is 3.57. The molecule has 20 heavy (non-hydrogen) atoms. The third-order valence-electron chi connectivity index (χ3n) is 3.57. The molecule has 1 aromatic heterocycles. The fraction of sp³-hybridized carbons (Fsp3) is 0.625. The maximum absolute atomic E-state index is 12.5. The molecule has 0 fully saturated rings. The van der Waals surface area contributed by atoms with Gasteiger partial charge in [-0.2, -0.15) is 0 Å². The van der Waals surface area contributed by atoms with Crippen LogP contribution in [0, 0.1) is 5.92 Å². The summed E-state index contributed by atoms with van der Waals surface area (Å²) >= 11 is 0. The van der Waals surface area contributed by atoms with E-state index in [0.717, 1.165) is 24.5 Å². The van der Waals surface area contributed by atoms with E-state index in [1.807, 2.05) is 26.2 Å². The molecule has 4 nitrogen and oxygen atoms in total. The lowest BCUT2D eigenvalue weighted by Crippen LogP contribution is -2.31. The van der Waals surface area contributed by atoms with Gasteiger partial charge in [0.15, 0.2) is 0 Å². The molecule has 1 rings (SSSR count). The van der Waals surface area contributed by atoms with E-state index in [1.54, 1.807) is 4.90 Å². The Morgan fingerprint density at radius 1 is 1.35 bits per heavy atom. The van der Waals surface area contributed by atoms with Crippen molar-refractivity contribution in [2.24, 2.45) is 5.92 Å². The monoisotopic (exact) mass is 277 g/mol. The van der Waals surface area contributed by atoms with E-state index in [0.29, 0.717) is 17.4 Å². The zero-order chi connectivity index (χ0) is 15.3. The van der Waals surface area contributed by atoms with Crippen LogP contribution in [0.2, 0.25) is 0 Å². The zero-order valence-corrected chi connectivity index (χ0v) is 13.5. The Balaban J connectivity index is 2.99. The van der Waals surface area contributed by atoms with Crippen molar-refractivity contribution in [1.82, 2.24) is 9.88 Å². The molecule has 0 aliphatic heterocycles. The molecule has 1 heterocycles. The molecule has 1 atom stereocenters. The molecule has 0 spiro atoms. The standard InChI is InChI=1S/C16H27N3O/c1-7-12(4)10-19(6)16(20)13-8-14(11(2)3)18-15(9-13)17-5/h8-9,11-12H,7,10H2,1-6H3,(H,17,18). The van der Waals surface area contributed by atoms with Gasteiger partial charge in [0, 0.05) is 31.9 Å². The predicted molar refractivity (Wildman–Crippen MR) is 84.3 cm³/mol. The van der Waals surface area contributed by atoms with Crippen LogP contribution in [0.1, 0.15) is 56.1 Å². The van der Waals surface area contributed by atoms with Crippen LogP contribution in [0.15, 0.2) is 12.1 Å². The molecule has 0 saturated carbocycles. The fourth-order valence-electron chi connectivity index (χ4n) is 2.00. The van der Waals surface area contributed by atoms with Gasteiger partial charge >= 0.3 is 0 Å². The second-order valence-corrected chi connectivity index (χ2v) is 5.77. The van der Waals surface area contributed by atoms with Gasteiger partial charge in [0.1, 0.15) is 5.82 Å². The summed E-state index contributed by atoms with van der Waals surface area (Å²) in [5.41, 5.74) is 1.65. The number of pyridine rings is 1. The number of nitrogens with one attached hydrogen (secondary N) is 1. The van der Waals surface area contributed by atoms with Crippen LogP contribution in [-0.4, -0.2) is 36.4 Å². The average molecular weight is 277 g/mol. The highest BCUT2D eigenvalue weighted by Gasteiger charge is 2.16. The van der Waals surface area contributed by atoms with Gasteiger partial charge in [-0.05, 0) is 24.0 Å². The Morgan fingerprint density at radius 2 is 2.00 bits per heavy atom. The van der Waals surface area contributed by atoms with Crippen LogP contribution in [0.4, 0.5) is 5.82 Å². The number of rotatable bonds is 6. The van der Waals surface area contributed by atoms with Gasteiger partial charge < -0.3 is 10.2 Å². The molecule has 1 amide bonds. The molecular weight excluding hydrogens is 250 g/mol. The van der Waals surface area contributed by atoms with Crippen molar-refractivity contribution in [1.29, 1.82) is 0 Å². The van der Waals surface area contributed by atoms with Gasteiger partial charge in [0.05, 0.1) is 0 Å². The summed E-state index contributed by atoms with van der Waals surface area (Å²) in [6.45, 7) is 9.25. The van der Waals surface area contributed by atoms with E-state index in [-0.39, 0.29) is 5.91 Å². The Hall–Kier alpha value is -1.58. The van der Waals surface area contributed by atoms with Crippen molar-refractivity contribution < 1.29 is 4.79 Å². The maximum Gasteiger partial charge on any atom is 0.253 e. The lowest BCUT2D eigenvalue weighted by molar-refractivity contribution is 0.0774. The predicted octanol–water partition coefficient (Wildman–Crippen LogP) is 3.36. The Kier molecular flexibility index (Phi) is 5.99. The van der Waals surface area contributed by atoms with Gasteiger partial charge in [-0.1, -0.05) is 34.1 Å². The van der Waals surface area contributed by atoms with Crippen LogP contribution in [-0.2, 0) is 0 Å². The lowest BCUT2D eigenvalue weighted by atomic mass is 10.1. The van der Waals surface area contributed by atoms with Crippen molar-refractivity contribution in [3.8, 4) is 0 Å². The topological polar surface area (TPSA) is 45.2 Å². The second kappa shape index (κ2) is 7.27. The highest BCUT2D eigenvalue weighted by Crippen LogP contribution is 2.19. The molecule has 4 heteroatoms. The van der Waals surface area contributed by atoms with E-state index in [1.165, 1.54) is 0 Å². The molecule has 0 radical (unpaired) electrons. The average Bonchev–Trinajstić information content (AvgIpc) is 2.45. The van der Waals surface area contributed by atoms with Crippen molar-refractivity contribution >= 4 is 11.7 Å². The number of nitrogens with zero attached hydrogens (tertiary/aromatic N) is 2. The Morgan fingerprint density at radius 3 is 2.50 bits per heavy atom. The first-order valence-electron chi connectivity index (χ1n) is 7.34. The van der Waals surface area contributed by atoms with Gasteiger partial charge in [-0.25, -0.2) is 4.98 Å². The number of carbonyl (C=O) groups is 1. The molecule has 112 valence electrons. The van der Waals surface area contributed by atoms with E-state index in [9.17, 15) is 4.79 Å². The largest absolute Gasteiger partial charge is 0.373 e. The summed E-state index contributed by atoms with van der Waals surface area (Å²) in [6, 6.07) is 3.72. The Bertz CT molecular complexity index is 457. The molecule has 1 N–H and O–H groups in total. The van der Waals surface area contributed by atoms with Crippen LogP contribution < -0.4 is 5.32 Å². The fourth-order valence-corrected chi connectivity index (χ4v) is 2.00. The zero-order valence-electron chi connectivity index (χ0n) is 13.5. The van der Waals surface area contributed by atoms with E-state index in [4.69, 9.17) is 0 Å². The summed E-state index contributed by atoms with van der Waals surface area (Å²) in [4.78, 5) is 18.8. The summed E-state index contributed by atoms with van der Waals surface area (Å²) in [7, 11) is 3.69. The first-order chi connectivity index (χ1) is 9.38. The highest BCUT2D eigenvalue weighted by atomic mass is 16.2. The second-order valence-electron chi connectivity index (χ2n) is 5.77. The quantitative estimate of drug-likeness (QED) is 0.867. The van der Waals surface area contributed by atoms with Gasteiger partial charge in [0.25, 0.3) is 5.91 Å². The normalized spacial score (nSPS) is 12.3. The SMILES string of the molecule is CCC(C)CN(C)C(=O)c1cc(NC)nc(C(C)C)c1. The van der Waals surface area contributed by atoms with E-state index >= 15 is 0 Å². The van der Waals surface area contributed by atoms with Crippen LogP contribution >= 0.6 is 0 Å². The minimum Gasteiger partial charge on any atom is -0.373 e. The first-order valence-corrected chi connectivity index (χ1v) is 7.34. The maximum atomic E-state index is 12.5. The molecule has 1 unspecified atom stereocenters. The number of aromatic nitrogens is 1. The molecule has 0 aliphatic carbocycles. The van der Waals surface area contributed by atoms with Crippen molar-refractivity contribution in [2.75, 3.05) is 26.0 Å². The number of hydrogen-bond acceptors (Lipinski definition) is 3. The minimum atomic E-state index is 0.0612. The molecule has 0 aliphatic rings. The molecule has 0 bridgehead atoms. The highest BCUT2D eigenvalue weighted by molar-refractivity contribution is 5.94. The van der Waals surface area contributed by atoms with Crippen LogP contribution in [0.5, 0.6) is 0 Å². The van der Waals surface area contributed by atoms with Crippen LogP contribution in [0.25, 0.3) is 0 Å². The van der Waals surface area contributed by atoms with Gasteiger partial charge in [-0.3, -0.25) is 4.79 Å². The minimum absolute atomic E-state index is 0.0612. The van der Waals surface area contributed by atoms with Gasteiger partial charge in [-0.15, -0.1) is 0 Å². The molecule has 0 saturated heterocycles. The van der Waals surface area contributed by atoms with Crippen molar-refractivity contribution in [2.45, 2.75) is 40.0 Å². The Labute approximate surface area is 122 Å². The number of carbonyl (C=O) groups excluding carboxylic acids is 1. The first kappa shape index (κ1) is 16.5. The van der Waals surface area contributed by atoms with Crippen molar-refractivity contribution in [3.05, 3.63) is 23.4 Å². The number of hydrogen-bond donors (Lipinski definition) is 1. The summed E-state index contributed by atoms with van der Waals surface area (Å²) in [5.74, 6) is 1.62. The van der Waals surface area contributed by atoms with Crippen molar-refractivity contribution in [3.63, 3.8) is 0 Å². The summed E-state index contributed by atoms with van der Waals surface area (Å²) < 4.78 is 0. The third kappa shape index (κ3) is 4.22. The summed E-state index contributed by atoms with van der Waals surface area (Å²) in [6.07, 6.45) is 1.08. The van der Waals surface area contributed by atoms with Gasteiger partial charge in [0.2, 0.25) is 0 Å². The van der Waals surface area contributed by atoms with E-state index < -0.39 is 0 Å². The molecule has 1 aromatic rings. The smallest absolute Gasteiger partial charge is 0.253 e. The number of anilines is 1. The molecular formula is C16H27N3O. The summed E-state index contributed by atoms with van der Waals surface area (Å²) in [5, 5.41) is 3.03. The lowest BCUT2D eigenvalue weighted by Gasteiger charge is -2.21. The van der Waals surface area contributed by atoms with E-state index in [2.05, 4.69) is 38.0 Å².